The number of rotatable bonds is 9. The second-order valence-corrected chi connectivity index (χ2v) is 10.6. The molecule has 2 aromatic carbocycles. The SMILES string of the molecule is CCNC(=O)C(C)N(Cc1ccc(Br)cc1)C(=O)CN(c1cc(C)ccc1C)S(C)(=O)=O. The Kier molecular flexibility index (Phi) is 8.86. The average molecular weight is 524 g/mol. The zero-order chi connectivity index (χ0) is 24.1. The summed E-state index contributed by atoms with van der Waals surface area (Å²) in [5, 5.41) is 2.74. The average Bonchev–Trinajstić information content (AvgIpc) is 2.72. The highest BCUT2D eigenvalue weighted by Gasteiger charge is 2.30. The standard InChI is InChI=1S/C23H30BrN3O4S/c1-6-25-23(29)18(4)26(14-19-9-11-20(24)12-10-19)22(28)15-27(32(5,30)31)21-13-16(2)7-8-17(21)3/h7-13,18H,6,14-15H2,1-5H3,(H,25,29). The van der Waals surface area contributed by atoms with Crippen LogP contribution in [0, 0.1) is 13.8 Å². The number of sulfonamides is 1. The van der Waals surface area contributed by atoms with Gasteiger partial charge in [0.1, 0.15) is 12.6 Å². The van der Waals surface area contributed by atoms with Crippen molar-refractivity contribution in [3.8, 4) is 0 Å². The number of carbonyl (C=O) groups is 2. The van der Waals surface area contributed by atoms with Crippen LogP contribution in [0.25, 0.3) is 0 Å². The minimum Gasteiger partial charge on any atom is -0.355 e. The Morgan fingerprint density at radius 3 is 2.28 bits per heavy atom. The fourth-order valence-corrected chi connectivity index (χ4v) is 4.44. The van der Waals surface area contributed by atoms with Crippen molar-refractivity contribution in [2.45, 2.75) is 40.3 Å². The summed E-state index contributed by atoms with van der Waals surface area (Å²) in [7, 11) is -3.74. The molecule has 2 rings (SSSR count). The van der Waals surface area contributed by atoms with Crippen LogP contribution in [0.15, 0.2) is 46.9 Å². The van der Waals surface area contributed by atoms with Crippen molar-refractivity contribution in [2.75, 3.05) is 23.7 Å². The number of amides is 2. The summed E-state index contributed by atoms with van der Waals surface area (Å²) in [5.74, 6) is -0.756. The lowest BCUT2D eigenvalue weighted by Gasteiger charge is -2.32. The molecule has 0 fully saturated rings. The molecule has 2 aromatic rings. The van der Waals surface area contributed by atoms with E-state index in [2.05, 4.69) is 21.2 Å². The van der Waals surface area contributed by atoms with Crippen LogP contribution in [-0.2, 0) is 26.2 Å². The van der Waals surface area contributed by atoms with E-state index in [9.17, 15) is 18.0 Å². The zero-order valence-electron chi connectivity index (χ0n) is 19.1. The van der Waals surface area contributed by atoms with Crippen molar-refractivity contribution in [1.29, 1.82) is 0 Å². The molecule has 9 heteroatoms. The number of anilines is 1. The van der Waals surface area contributed by atoms with E-state index in [-0.39, 0.29) is 12.5 Å². The molecule has 0 heterocycles. The van der Waals surface area contributed by atoms with Gasteiger partial charge in [0.2, 0.25) is 21.8 Å². The van der Waals surface area contributed by atoms with Gasteiger partial charge >= 0.3 is 0 Å². The normalized spacial score (nSPS) is 12.2. The molecule has 0 aliphatic carbocycles. The monoisotopic (exact) mass is 523 g/mol. The molecule has 0 saturated carbocycles. The van der Waals surface area contributed by atoms with Crippen molar-refractivity contribution < 1.29 is 18.0 Å². The number of nitrogens with one attached hydrogen (secondary N) is 1. The topological polar surface area (TPSA) is 86.8 Å². The maximum absolute atomic E-state index is 13.4. The summed E-state index contributed by atoms with van der Waals surface area (Å²) in [4.78, 5) is 27.4. The summed E-state index contributed by atoms with van der Waals surface area (Å²) < 4.78 is 27.3. The molecule has 1 unspecified atom stereocenters. The Labute approximate surface area is 199 Å². The molecule has 0 aliphatic heterocycles. The molecule has 0 aromatic heterocycles. The van der Waals surface area contributed by atoms with Crippen molar-refractivity contribution in [1.82, 2.24) is 10.2 Å². The van der Waals surface area contributed by atoms with Gasteiger partial charge in [0, 0.05) is 17.6 Å². The Bertz CT molecular complexity index is 1070. The fourth-order valence-electron chi connectivity index (χ4n) is 3.27. The van der Waals surface area contributed by atoms with Crippen molar-refractivity contribution in [3.05, 3.63) is 63.6 Å². The number of hydrogen-bond donors (Lipinski definition) is 1. The first-order chi connectivity index (χ1) is 14.9. The van der Waals surface area contributed by atoms with Gasteiger partial charge in [-0.2, -0.15) is 0 Å². The summed E-state index contributed by atoms with van der Waals surface area (Å²) in [5.41, 5.74) is 2.91. The van der Waals surface area contributed by atoms with E-state index in [4.69, 9.17) is 0 Å². The predicted octanol–water partition coefficient (Wildman–Crippen LogP) is 3.39. The zero-order valence-corrected chi connectivity index (χ0v) is 21.5. The first-order valence-corrected chi connectivity index (χ1v) is 12.9. The third-order valence-electron chi connectivity index (χ3n) is 5.10. The number of carbonyl (C=O) groups excluding carboxylic acids is 2. The van der Waals surface area contributed by atoms with Gasteiger partial charge in [0.15, 0.2) is 0 Å². The maximum Gasteiger partial charge on any atom is 0.244 e. The lowest BCUT2D eigenvalue weighted by atomic mass is 10.1. The second kappa shape index (κ2) is 11.0. The summed E-state index contributed by atoms with van der Waals surface area (Å²) in [6, 6.07) is 12.1. The van der Waals surface area contributed by atoms with Gasteiger partial charge in [0.25, 0.3) is 0 Å². The van der Waals surface area contributed by atoms with Gasteiger partial charge in [-0.25, -0.2) is 8.42 Å². The van der Waals surface area contributed by atoms with Crippen LogP contribution in [-0.4, -0.2) is 50.5 Å². The fraction of sp³-hybridized carbons (Fsp3) is 0.391. The third kappa shape index (κ3) is 6.80. The Morgan fingerprint density at radius 1 is 1.09 bits per heavy atom. The van der Waals surface area contributed by atoms with Crippen molar-refractivity contribution >= 4 is 43.5 Å². The van der Waals surface area contributed by atoms with Crippen LogP contribution in [0.2, 0.25) is 0 Å². The van der Waals surface area contributed by atoms with Gasteiger partial charge in [-0.3, -0.25) is 13.9 Å². The highest BCUT2D eigenvalue weighted by atomic mass is 79.9. The van der Waals surface area contributed by atoms with Gasteiger partial charge in [-0.05, 0) is 62.6 Å². The molecule has 0 saturated heterocycles. The van der Waals surface area contributed by atoms with Gasteiger partial charge in [0.05, 0.1) is 11.9 Å². The second-order valence-electron chi connectivity index (χ2n) is 7.78. The van der Waals surface area contributed by atoms with E-state index in [1.807, 2.05) is 43.3 Å². The van der Waals surface area contributed by atoms with E-state index in [1.165, 1.54) is 4.90 Å². The van der Waals surface area contributed by atoms with E-state index in [1.54, 1.807) is 26.8 Å². The van der Waals surface area contributed by atoms with Gasteiger partial charge in [-0.1, -0.05) is 40.2 Å². The quantitative estimate of drug-likeness (QED) is 0.545. The molecule has 0 radical (unpaired) electrons. The first kappa shape index (κ1) is 25.9. The summed E-state index contributed by atoms with van der Waals surface area (Å²) in [6.45, 7) is 7.32. The molecule has 0 bridgehead atoms. The maximum atomic E-state index is 13.4. The third-order valence-corrected chi connectivity index (χ3v) is 6.75. The molecule has 7 nitrogen and oxygen atoms in total. The van der Waals surface area contributed by atoms with Crippen molar-refractivity contribution in [2.24, 2.45) is 0 Å². The number of benzene rings is 2. The molecule has 32 heavy (non-hydrogen) atoms. The number of hydrogen-bond acceptors (Lipinski definition) is 4. The Morgan fingerprint density at radius 2 is 1.72 bits per heavy atom. The van der Waals surface area contributed by atoms with Gasteiger partial charge in [-0.15, -0.1) is 0 Å². The number of likely N-dealkylation sites (N-methyl/N-ethyl adjacent to an activating group) is 1. The van der Waals surface area contributed by atoms with E-state index in [0.29, 0.717) is 12.2 Å². The predicted molar refractivity (Wildman–Crippen MR) is 131 cm³/mol. The van der Waals surface area contributed by atoms with E-state index >= 15 is 0 Å². The van der Waals surface area contributed by atoms with E-state index in [0.717, 1.165) is 31.7 Å². The van der Waals surface area contributed by atoms with Crippen LogP contribution < -0.4 is 9.62 Å². The van der Waals surface area contributed by atoms with Crippen LogP contribution in [0.5, 0.6) is 0 Å². The molecule has 0 aliphatic rings. The van der Waals surface area contributed by atoms with Crippen LogP contribution in [0.4, 0.5) is 5.69 Å². The molecular weight excluding hydrogens is 494 g/mol. The minimum atomic E-state index is -3.74. The summed E-state index contributed by atoms with van der Waals surface area (Å²) >= 11 is 3.39. The first-order valence-electron chi connectivity index (χ1n) is 10.3. The summed E-state index contributed by atoms with van der Waals surface area (Å²) in [6.07, 6.45) is 1.08. The molecule has 2 amide bonds. The Hall–Kier alpha value is -2.39. The molecule has 0 spiro atoms. The molecule has 174 valence electrons. The molecule has 1 atom stereocenters. The van der Waals surface area contributed by atoms with Gasteiger partial charge < -0.3 is 10.2 Å². The number of aryl methyl sites for hydroxylation is 2. The van der Waals surface area contributed by atoms with Crippen LogP contribution in [0.3, 0.4) is 0 Å². The smallest absolute Gasteiger partial charge is 0.244 e. The lowest BCUT2D eigenvalue weighted by molar-refractivity contribution is -0.139. The number of halogens is 1. The Balaban J connectivity index is 2.42. The van der Waals surface area contributed by atoms with Crippen molar-refractivity contribution in [3.63, 3.8) is 0 Å². The minimum absolute atomic E-state index is 0.175. The highest BCUT2D eigenvalue weighted by Crippen LogP contribution is 2.24. The molecule has 1 N–H and O–H groups in total. The number of nitrogens with zero attached hydrogens (tertiary/aromatic N) is 2. The van der Waals surface area contributed by atoms with Crippen LogP contribution >= 0.6 is 15.9 Å². The lowest BCUT2D eigenvalue weighted by Crippen LogP contribution is -2.51. The molecular formula is C23H30BrN3O4S. The van der Waals surface area contributed by atoms with Crippen LogP contribution in [0.1, 0.15) is 30.5 Å². The largest absolute Gasteiger partial charge is 0.355 e. The van der Waals surface area contributed by atoms with E-state index < -0.39 is 28.5 Å². The highest BCUT2D eigenvalue weighted by molar-refractivity contribution is 9.10.